The highest BCUT2D eigenvalue weighted by Gasteiger charge is 2.31. The predicted molar refractivity (Wildman–Crippen MR) is 82.2 cm³/mol. The van der Waals surface area contributed by atoms with Gasteiger partial charge in [-0.25, -0.2) is 4.79 Å². The van der Waals surface area contributed by atoms with Crippen LogP contribution in [0.2, 0.25) is 0 Å². The molecule has 22 heavy (non-hydrogen) atoms. The molecule has 0 radical (unpaired) electrons. The molecule has 0 saturated carbocycles. The van der Waals surface area contributed by atoms with Crippen LogP contribution in [0.25, 0.3) is 0 Å². The second kappa shape index (κ2) is 7.49. The fourth-order valence-electron chi connectivity index (χ4n) is 2.94. The van der Waals surface area contributed by atoms with Crippen molar-refractivity contribution in [3.8, 4) is 11.5 Å². The number of cyclic esters (lactones) is 1. The van der Waals surface area contributed by atoms with Gasteiger partial charge in [0.25, 0.3) is 0 Å². The number of fused-ring (bicyclic) bond motifs is 1. The molecule has 5 nitrogen and oxygen atoms in total. The number of benzene rings is 1. The van der Waals surface area contributed by atoms with E-state index >= 15 is 0 Å². The molecule has 2 rings (SSSR count). The number of ether oxygens (including phenoxy) is 1. The van der Waals surface area contributed by atoms with E-state index in [0.717, 1.165) is 38.5 Å². The third kappa shape index (κ3) is 3.71. The highest BCUT2D eigenvalue weighted by Crippen LogP contribution is 2.36. The fraction of sp³-hybridized carbons (Fsp3) is 0.588. The molecule has 1 aromatic carbocycles. The first-order chi connectivity index (χ1) is 10.5. The molecule has 0 bridgehead atoms. The Kier molecular flexibility index (Phi) is 5.66. The summed E-state index contributed by atoms with van der Waals surface area (Å²) in [5.74, 6) is -0.716. The van der Waals surface area contributed by atoms with Gasteiger partial charge in [0, 0.05) is 19.1 Å². The summed E-state index contributed by atoms with van der Waals surface area (Å²) in [6, 6.07) is 1.19. The Bertz CT molecular complexity index is 538. The second-order valence-electron chi connectivity index (χ2n) is 5.90. The molecule has 1 heterocycles. The minimum absolute atomic E-state index is 0.00806. The van der Waals surface area contributed by atoms with Crippen LogP contribution in [0.15, 0.2) is 6.07 Å². The van der Waals surface area contributed by atoms with E-state index < -0.39 is 5.97 Å². The molecule has 1 aliphatic heterocycles. The van der Waals surface area contributed by atoms with Gasteiger partial charge in [-0.1, -0.05) is 19.3 Å². The number of phenolic OH excluding ortho intramolecular Hbond substituents is 2. The van der Waals surface area contributed by atoms with E-state index in [0.29, 0.717) is 17.5 Å². The zero-order valence-electron chi connectivity index (χ0n) is 13.0. The van der Waals surface area contributed by atoms with Crippen molar-refractivity contribution in [3.05, 3.63) is 22.8 Å². The summed E-state index contributed by atoms with van der Waals surface area (Å²) >= 11 is 0. The Labute approximate surface area is 130 Å². The van der Waals surface area contributed by atoms with Crippen LogP contribution in [0.5, 0.6) is 11.5 Å². The molecule has 0 aromatic heterocycles. The largest absolute Gasteiger partial charge is 0.508 e. The average molecular weight is 308 g/mol. The minimum Gasteiger partial charge on any atom is -0.508 e. The number of rotatable bonds is 7. The van der Waals surface area contributed by atoms with Crippen molar-refractivity contribution in [2.45, 2.75) is 58.0 Å². The van der Waals surface area contributed by atoms with E-state index in [2.05, 4.69) is 0 Å². The number of esters is 1. The monoisotopic (exact) mass is 308 g/mol. The first-order valence-corrected chi connectivity index (χ1v) is 7.90. The Morgan fingerprint density at radius 3 is 2.55 bits per heavy atom. The molecule has 0 fully saturated rings. The van der Waals surface area contributed by atoms with Crippen LogP contribution < -0.4 is 0 Å². The number of carbonyl (C=O) groups is 1. The summed E-state index contributed by atoms with van der Waals surface area (Å²) in [4.78, 5) is 12.1. The highest BCUT2D eigenvalue weighted by atomic mass is 16.5. The van der Waals surface area contributed by atoms with Gasteiger partial charge in [0.05, 0.1) is 0 Å². The van der Waals surface area contributed by atoms with Crippen molar-refractivity contribution >= 4 is 5.97 Å². The molecule has 1 aromatic rings. The summed E-state index contributed by atoms with van der Waals surface area (Å²) in [7, 11) is 0. The number of hydrogen-bond acceptors (Lipinski definition) is 5. The molecular weight excluding hydrogens is 284 g/mol. The van der Waals surface area contributed by atoms with Gasteiger partial charge in [0.1, 0.15) is 23.2 Å². The summed E-state index contributed by atoms with van der Waals surface area (Å²) in [6.07, 6.45) is 6.05. The number of carbonyl (C=O) groups excluding carboxylic acids is 1. The summed E-state index contributed by atoms with van der Waals surface area (Å²) in [6.45, 7) is 1.99. The lowest BCUT2D eigenvalue weighted by Gasteiger charge is -2.26. The van der Waals surface area contributed by atoms with Crippen molar-refractivity contribution in [1.82, 2.24) is 0 Å². The summed E-state index contributed by atoms with van der Waals surface area (Å²) in [5.41, 5.74) is 1.52. The number of aromatic hydroxyl groups is 2. The summed E-state index contributed by atoms with van der Waals surface area (Å²) in [5, 5.41) is 28.3. The Balaban J connectivity index is 1.95. The normalized spacial score (nSPS) is 17.2. The van der Waals surface area contributed by atoms with Crippen molar-refractivity contribution < 1.29 is 24.9 Å². The van der Waals surface area contributed by atoms with E-state index in [4.69, 9.17) is 9.84 Å². The molecule has 122 valence electrons. The quantitative estimate of drug-likeness (QED) is 0.532. The van der Waals surface area contributed by atoms with Gasteiger partial charge >= 0.3 is 5.97 Å². The lowest BCUT2D eigenvalue weighted by Crippen LogP contribution is -2.28. The average Bonchev–Trinajstić information content (AvgIpc) is 2.48. The van der Waals surface area contributed by atoms with Gasteiger partial charge in [-0.2, -0.15) is 0 Å². The molecule has 0 saturated heterocycles. The molecule has 0 spiro atoms. The number of aliphatic hydroxyl groups is 1. The maximum absolute atomic E-state index is 12.1. The first kappa shape index (κ1) is 16.6. The zero-order valence-corrected chi connectivity index (χ0v) is 13.0. The van der Waals surface area contributed by atoms with Gasteiger partial charge in [0.15, 0.2) is 0 Å². The molecule has 1 aliphatic rings. The molecule has 0 amide bonds. The standard InChI is InChI=1S/C17H24O5/c1-11-13-9-12(7-5-3-2-4-6-8-18)22-17(21)16(13)15(20)10-14(11)19/h10,12,18-20H,2-9H2,1H3/t12-/m1/s1. The van der Waals surface area contributed by atoms with Gasteiger partial charge in [0.2, 0.25) is 0 Å². The van der Waals surface area contributed by atoms with Crippen molar-refractivity contribution in [1.29, 1.82) is 0 Å². The van der Waals surface area contributed by atoms with Crippen LogP contribution in [0.1, 0.15) is 60.0 Å². The van der Waals surface area contributed by atoms with E-state index in [1.54, 1.807) is 6.92 Å². The number of unbranched alkanes of at least 4 members (excludes halogenated alkanes) is 4. The fourth-order valence-corrected chi connectivity index (χ4v) is 2.94. The molecule has 0 unspecified atom stereocenters. The highest BCUT2D eigenvalue weighted by molar-refractivity contribution is 5.96. The topological polar surface area (TPSA) is 87.0 Å². The smallest absolute Gasteiger partial charge is 0.342 e. The first-order valence-electron chi connectivity index (χ1n) is 7.90. The molecular formula is C17H24O5. The van der Waals surface area contributed by atoms with Gasteiger partial charge < -0.3 is 20.1 Å². The lowest BCUT2D eigenvalue weighted by molar-refractivity contribution is 0.0226. The van der Waals surface area contributed by atoms with E-state index in [9.17, 15) is 15.0 Å². The van der Waals surface area contributed by atoms with Crippen molar-refractivity contribution in [2.24, 2.45) is 0 Å². The van der Waals surface area contributed by atoms with Crippen LogP contribution in [-0.2, 0) is 11.2 Å². The Hall–Kier alpha value is -1.75. The van der Waals surface area contributed by atoms with Crippen LogP contribution in [-0.4, -0.2) is 34.0 Å². The van der Waals surface area contributed by atoms with Crippen LogP contribution in [0.4, 0.5) is 0 Å². The number of phenols is 2. The van der Waals surface area contributed by atoms with Crippen LogP contribution in [0.3, 0.4) is 0 Å². The van der Waals surface area contributed by atoms with Crippen LogP contribution >= 0.6 is 0 Å². The molecule has 1 atom stereocenters. The maximum Gasteiger partial charge on any atom is 0.342 e. The van der Waals surface area contributed by atoms with Gasteiger partial charge in [-0.05, 0) is 37.3 Å². The van der Waals surface area contributed by atoms with E-state index in [1.165, 1.54) is 6.07 Å². The third-order valence-corrected chi connectivity index (χ3v) is 4.26. The SMILES string of the molecule is Cc1c(O)cc(O)c2c1C[C@@H](CCCCCCCO)OC2=O. The number of hydrogen-bond donors (Lipinski definition) is 3. The van der Waals surface area contributed by atoms with Gasteiger partial charge in [-0.15, -0.1) is 0 Å². The van der Waals surface area contributed by atoms with Crippen molar-refractivity contribution in [2.75, 3.05) is 6.61 Å². The van der Waals surface area contributed by atoms with Crippen LogP contribution in [0, 0.1) is 6.92 Å². The predicted octanol–water partition coefficient (Wildman–Crippen LogP) is 2.82. The van der Waals surface area contributed by atoms with Crippen molar-refractivity contribution in [3.63, 3.8) is 0 Å². The van der Waals surface area contributed by atoms with Gasteiger partial charge in [-0.3, -0.25) is 0 Å². The minimum atomic E-state index is -0.507. The Morgan fingerprint density at radius 2 is 1.82 bits per heavy atom. The maximum atomic E-state index is 12.1. The Morgan fingerprint density at radius 1 is 1.14 bits per heavy atom. The number of aliphatic hydroxyl groups excluding tert-OH is 1. The zero-order chi connectivity index (χ0) is 16.1. The summed E-state index contributed by atoms with van der Waals surface area (Å²) < 4.78 is 5.40. The van der Waals surface area contributed by atoms with E-state index in [1.807, 2.05) is 0 Å². The lowest BCUT2D eigenvalue weighted by atomic mass is 9.91. The molecule has 5 heteroatoms. The third-order valence-electron chi connectivity index (χ3n) is 4.26. The second-order valence-corrected chi connectivity index (χ2v) is 5.90. The van der Waals surface area contributed by atoms with E-state index in [-0.39, 0.29) is 29.8 Å². The molecule has 0 aliphatic carbocycles. The molecule has 3 N–H and O–H groups in total.